The van der Waals surface area contributed by atoms with E-state index >= 15 is 0 Å². The van der Waals surface area contributed by atoms with Gasteiger partial charge in [-0.25, -0.2) is 4.98 Å². The van der Waals surface area contributed by atoms with Crippen LogP contribution < -0.4 is 10.3 Å². The SMILES string of the molecule is COc1ccc2[nH]cc(/C=C/c3nc4ccccc4c(=O)n3-c3ccc(C#Cc4cccnc4)cc3C)c2c1. The van der Waals surface area contributed by atoms with Gasteiger partial charge in [-0.15, -0.1) is 0 Å². The molecule has 0 amide bonds. The number of hydrogen-bond donors (Lipinski definition) is 1. The van der Waals surface area contributed by atoms with Gasteiger partial charge in [0.15, 0.2) is 0 Å². The number of nitrogens with one attached hydrogen (secondary N) is 1. The van der Waals surface area contributed by atoms with Crippen molar-refractivity contribution in [3.05, 3.63) is 130 Å². The fourth-order valence-corrected chi connectivity index (χ4v) is 4.61. The summed E-state index contributed by atoms with van der Waals surface area (Å²) in [6, 6.07) is 22.9. The van der Waals surface area contributed by atoms with Gasteiger partial charge in [-0.3, -0.25) is 14.3 Å². The third kappa shape index (κ3) is 4.70. The Labute approximate surface area is 225 Å². The zero-order chi connectivity index (χ0) is 26.8. The molecule has 0 atom stereocenters. The van der Waals surface area contributed by atoms with Crippen LogP contribution in [0.3, 0.4) is 0 Å². The van der Waals surface area contributed by atoms with Gasteiger partial charge in [0.1, 0.15) is 11.6 Å². The number of fused-ring (bicyclic) bond motifs is 2. The first-order chi connectivity index (χ1) is 19.1. The van der Waals surface area contributed by atoms with Crippen LogP contribution in [0.25, 0.3) is 39.6 Å². The van der Waals surface area contributed by atoms with Crippen LogP contribution in [0.4, 0.5) is 0 Å². The van der Waals surface area contributed by atoms with Crippen LogP contribution in [-0.2, 0) is 0 Å². The van der Waals surface area contributed by atoms with Crippen LogP contribution in [0.1, 0.15) is 28.1 Å². The molecule has 3 heterocycles. The van der Waals surface area contributed by atoms with E-state index in [1.165, 1.54) is 0 Å². The molecule has 0 aliphatic carbocycles. The predicted octanol–water partition coefficient (Wildman–Crippen LogP) is 6.15. The summed E-state index contributed by atoms with van der Waals surface area (Å²) in [6.07, 6.45) is 9.24. The molecule has 0 saturated carbocycles. The van der Waals surface area contributed by atoms with Crippen LogP contribution in [0.2, 0.25) is 0 Å². The molecule has 3 aromatic heterocycles. The lowest BCUT2D eigenvalue weighted by atomic mass is 10.1. The molecule has 6 aromatic rings. The van der Waals surface area contributed by atoms with E-state index in [2.05, 4.69) is 21.8 Å². The maximum atomic E-state index is 13.8. The molecule has 39 heavy (non-hydrogen) atoms. The quantitative estimate of drug-likeness (QED) is 0.290. The van der Waals surface area contributed by atoms with Crippen molar-refractivity contribution in [1.29, 1.82) is 0 Å². The average molecular weight is 509 g/mol. The minimum atomic E-state index is -0.127. The monoisotopic (exact) mass is 508 g/mol. The number of nitrogens with zero attached hydrogens (tertiary/aromatic N) is 3. The zero-order valence-corrected chi connectivity index (χ0v) is 21.5. The largest absolute Gasteiger partial charge is 0.497 e. The van der Waals surface area contributed by atoms with Crippen molar-refractivity contribution in [3.63, 3.8) is 0 Å². The Morgan fingerprint density at radius 2 is 1.79 bits per heavy atom. The average Bonchev–Trinajstić information content (AvgIpc) is 3.38. The number of methoxy groups -OCH3 is 1. The number of pyridine rings is 1. The van der Waals surface area contributed by atoms with E-state index in [1.807, 2.05) is 98.1 Å². The molecule has 0 bridgehead atoms. The number of aromatic nitrogens is 4. The highest BCUT2D eigenvalue weighted by Crippen LogP contribution is 2.26. The van der Waals surface area contributed by atoms with Gasteiger partial charge in [0.25, 0.3) is 5.56 Å². The van der Waals surface area contributed by atoms with Crippen molar-refractivity contribution in [2.45, 2.75) is 6.92 Å². The van der Waals surface area contributed by atoms with E-state index in [-0.39, 0.29) is 5.56 Å². The van der Waals surface area contributed by atoms with Gasteiger partial charge in [0.2, 0.25) is 0 Å². The van der Waals surface area contributed by atoms with Crippen LogP contribution in [-0.4, -0.2) is 26.6 Å². The number of H-pyrrole nitrogens is 1. The number of benzene rings is 3. The van der Waals surface area contributed by atoms with Gasteiger partial charge in [0, 0.05) is 46.2 Å². The highest BCUT2D eigenvalue weighted by molar-refractivity contribution is 5.92. The standard InChI is InChI=1S/C33H24N4O2/c1-22-18-23(9-10-24-6-5-17-34-20-24)11-15-31(22)37-32(36-30-8-4-3-7-27(30)33(37)38)16-12-25-21-35-29-14-13-26(39-2)19-28(25)29/h3-8,11-21,35H,1-2H3/b16-12+. The van der Waals surface area contributed by atoms with E-state index in [0.717, 1.165) is 44.6 Å². The summed E-state index contributed by atoms with van der Waals surface area (Å²) in [5, 5.41) is 1.58. The van der Waals surface area contributed by atoms with Crippen molar-refractivity contribution in [1.82, 2.24) is 19.5 Å². The maximum Gasteiger partial charge on any atom is 0.266 e. The third-order valence-corrected chi connectivity index (χ3v) is 6.58. The Hall–Kier alpha value is -5.41. The first kappa shape index (κ1) is 24.0. The first-order valence-electron chi connectivity index (χ1n) is 12.5. The molecule has 0 saturated heterocycles. The normalized spacial score (nSPS) is 11.1. The molecular weight excluding hydrogens is 484 g/mol. The summed E-state index contributed by atoms with van der Waals surface area (Å²) in [5.74, 6) is 7.64. The second-order valence-corrected chi connectivity index (χ2v) is 9.11. The van der Waals surface area contributed by atoms with Crippen molar-refractivity contribution >= 4 is 34.0 Å². The number of para-hydroxylation sites is 1. The second-order valence-electron chi connectivity index (χ2n) is 9.11. The number of ether oxygens (including phenoxy) is 1. The summed E-state index contributed by atoms with van der Waals surface area (Å²) in [7, 11) is 1.65. The van der Waals surface area contributed by atoms with Crippen LogP contribution in [0.15, 0.2) is 96.2 Å². The zero-order valence-electron chi connectivity index (χ0n) is 21.5. The Kier molecular flexibility index (Phi) is 6.24. The molecule has 0 spiro atoms. The van der Waals surface area contributed by atoms with Gasteiger partial charge >= 0.3 is 0 Å². The number of aryl methyl sites for hydroxylation is 1. The molecule has 6 rings (SSSR count). The summed E-state index contributed by atoms with van der Waals surface area (Å²) >= 11 is 0. The molecule has 188 valence electrons. The van der Waals surface area contributed by atoms with E-state index in [4.69, 9.17) is 9.72 Å². The molecule has 6 heteroatoms. The Morgan fingerprint density at radius 1 is 0.923 bits per heavy atom. The van der Waals surface area contributed by atoms with Gasteiger partial charge < -0.3 is 9.72 Å². The summed E-state index contributed by atoms with van der Waals surface area (Å²) in [4.78, 5) is 26.1. The molecule has 6 nitrogen and oxygen atoms in total. The highest BCUT2D eigenvalue weighted by Gasteiger charge is 2.13. The summed E-state index contributed by atoms with van der Waals surface area (Å²) < 4.78 is 7.08. The lowest BCUT2D eigenvalue weighted by Gasteiger charge is -2.14. The maximum absolute atomic E-state index is 13.8. The fourth-order valence-electron chi connectivity index (χ4n) is 4.61. The fraction of sp³-hybridized carbons (Fsp3) is 0.0606. The number of aromatic amines is 1. The van der Waals surface area contributed by atoms with E-state index in [9.17, 15) is 4.79 Å². The second kappa shape index (κ2) is 10.2. The van der Waals surface area contributed by atoms with Crippen LogP contribution in [0, 0.1) is 18.8 Å². The molecule has 0 fully saturated rings. The van der Waals surface area contributed by atoms with Crippen molar-refractivity contribution < 1.29 is 4.74 Å². The molecule has 0 radical (unpaired) electrons. The van der Waals surface area contributed by atoms with E-state index < -0.39 is 0 Å². The van der Waals surface area contributed by atoms with Crippen LogP contribution >= 0.6 is 0 Å². The molecule has 1 N–H and O–H groups in total. The predicted molar refractivity (Wildman–Crippen MR) is 156 cm³/mol. The Bertz CT molecular complexity index is 1990. The Morgan fingerprint density at radius 3 is 2.62 bits per heavy atom. The minimum Gasteiger partial charge on any atom is -0.497 e. The van der Waals surface area contributed by atoms with Gasteiger partial charge in [-0.2, -0.15) is 0 Å². The summed E-state index contributed by atoms with van der Waals surface area (Å²) in [5.41, 5.74) is 5.86. The minimum absolute atomic E-state index is 0.127. The lowest BCUT2D eigenvalue weighted by Crippen LogP contribution is -2.23. The lowest BCUT2D eigenvalue weighted by molar-refractivity contribution is 0.415. The van der Waals surface area contributed by atoms with E-state index in [1.54, 1.807) is 24.1 Å². The van der Waals surface area contributed by atoms with Gasteiger partial charge in [-0.1, -0.05) is 24.0 Å². The third-order valence-electron chi connectivity index (χ3n) is 6.58. The smallest absolute Gasteiger partial charge is 0.266 e. The van der Waals surface area contributed by atoms with Crippen LogP contribution in [0.5, 0.6) is 5.75 Å². The highest BCUT2D eigenvalue weighted by atomic mass is 16.5. The Balaban J connectivity index is 1.47. The topological polar surface area (TPSA) is 72.8 Å². The summed E-state index contributed by atoms with van der Waals surface area (Å²) in [6.45, 7) is 1.98. The van der Waals surface area contributed by atoms with Gasteiger partial charge in [-0.05, 0) is 85.3 Å². The number of hydrogen-bond acceptors (Lipinski definition) is 4. The van der Waals surface area contributed by atoms with E-state index in [0.29, 0.717) is 16.7 Å². The van der Waals surface area contributed by atoms with Crippen molar-refractivity contribution in [2.75, 3.05) is 7.11 Å². The molecule has 0 unspecified atom stereocenters. The molecular formula is C33H24N4O2. The van der Waals surface area contributed by atoms with Crippen molar-refractivity contribution in [2.24, 2.45) is 0 Å². The van der Waals surface area contributed by atoms with Crippen molar-refractivity contribution in [3.8, 4) is 23.3 Å². The van der Waals surface area contributed by atoms with Gasteiger partial charge in [0.05, 0.1) is 23.7 Å². The molecule has 3 aromatic carbocycles. The molecule has 0 aliphatic heterocycles. The first-order valence-corrected chi connectivity index (χ1v) is 12.5. The number of rotatable bonds is 4. The molecule has 0 aliphatic rings.